The smallest absolute Gasteiger partial charge is 0.387 e. The molecule has 4 heteroatoms. The van der Waals surface area contributed by atoms with Gasteiger partial charge in [-0.2, -0.15) is 8.78 Å². The van der Waals surface area contributed by atoms with Crippen LogP contribution in [0.15, 0.2) is 29.8 Å². The Kier molecular flexibility index (Phi) is 6.50. The standard InChI is InChI=1S/C15H21F2NO/c1-4-12(10-18-11(2)3)9-13-7-5-6-8-14(13)19-15(16)17/h5-9,11,15,18H,4,10H2,1-3H3. The van der Waals surface area contributed by atoms with Crippen LogP contribution in [0, 0.1) is 0 Å². The predicted octanol–water partition coefficient (Wildman–Crippen LogP) is 4.08. The van der Waals surface area contributed by atoms with Crippen molar-refractivity contribution in [2.75, 3.05) is 6.54 Å². The molecule has 0 aliphatic heterocycles. The van der Waals surface area contributed by atoms with E-state index in [1.807, 2.05) is 19.1 Å². The molecule has 0 aromatic heterocycles. The van der Waals surface area contributed by atoms with Gasteiger partial charge in [-0.25, -0.2) is 0 Å². The van der Waals surface area contributed by atoms with Crippen LogP contribution in [0.3, 0.4) is 0 Å². The molecule has 2 nitrogen and oxygen atoms in total. The highest BCUT2D eigenvalue weighted by atomic mass is 19.3. The number of benzene rings is 1. The largest absolute Gasteiger partial charge is 0.434 e. The highest BCUT2D eigenvalue weighted by molar-refractivity contribution is 5.60. The van der Waals surface area contributed by atoms with E-state index in [0.717, 1.165) is 18.5 Å². The molecular weight excluding hydrogens is 248 g/mol. The van der Waals surface area contributed by atoms with E-state index in [1.165, 1.54) is 0 Å². The van der Waals surface area contributed by atoms with Gasteiger partial charge < -0.3 is 10.1 Å². The first-order chi connectivity index (χ1) is 9.02. The Morgan fingerprint density at radius 3 is 2.58 bits per heavy atom. The van der Waals surface area contributed by atoms with Crippen LogP contribution < -0.4 is 10.1 Å². The molecule has 1 aromatic carbocycles. The number of alkyl halides is 2. The lowest BCUT2D eigenvalue weighted by Crippen LogP contribution is -2.24. The molecule has 106 valence electrons. The van der Waals surface area contributed by atoms with E-state index in [2.05, 4.69) is 23.9 Å². The molecular formula is C15H21F2NO. The summed E-state index contributed by atoms with van der Waals surface area (Å²) < 4.78 is 29.2. The highest BCUT2D eigenvalue weighted by Gasteiger charge is 2.08. The Bertz CT molecular complexity index is 416. The molecule has 0 aliphatic rings. The van der Waals surface area contributed by atoms with Crippen LogP contribution in [0.4, 0.5) is 8.78 Å². The van der Waals surface area contributed by atoms with E-state index in [9.17, 15) is 8.78 Å². The van der Waals surface area contributed by atoms with Gasteiger partial charge in [0.2, 0.25) is 0 Å². The quantitative estimate of drug-likeness (QED) is 0.805. The topological polar surface area (TPSA) is 21.3 Å². The summed E-state index contributed by atoms with van der Waals surface area (Å²) in [5.74, 6) is 0.216. The van der Waals surface area contributed by atoms with Crippen LogP contribution in [0.1, 0.15) is 32.8 Å². The minimum absolute atomic E-state index is 0.216. The van der Waals surface area contributed by atoms with Crippen LogP contribution in [0.25, 0.3) is 6.08 Å². The van der Waals surface area contributed by atoms with Gasteiger partial charge in [0.25, 0.3) is 0 Å². The predicted molar refractivity (Wildman–Crippen MR) is 74.5 cm³/mol. The fourth-order valence-corrected chi connectivity index (χ4v) is 1.64. The van der Waals surface area contributed by atoms with E-state index >= 15 is 0 Å². The van der Waals surface area contributed by atoms with Gasteiger partial charge in [-0.05, 0) is 12.5 Å². The van der Waals surface area contributed by atoms with Crippen molar-refractivity contribution in [3.05, 3.63) is 35.4 Å². The highest BCUT2D eigenvalue weighted by Crippen LogP contribution is 2.23. The number of halogens is 2. The molecule has 0 saturated heterocycles. The molecule has 0 amide bonds. The van der Waals surface area contributed by atoms with Gasteiger partial charge in [-0.1, -0.05) is 50.6 Å². The van der Waals surface area contributed by atoms with Crippen molar-refractivity contribution in [2.45, 2.75) is 39.8 Å². The average Bonchev–Trinajstić information content (AvgIpc) is 2.35. The lowest BCUT2D eigenvalue weighted by Gasteiger charge is -2.12. The first-order valence-corrected chi connectivity index (χ1v) is 6.49. The molecule has 0 bridgehead atoms. The van der Waals surface area contributed by atoms with E-state index in [1.54, 1.807) is 18.2 Å². The molecule has 1 aromatic rings. The zero-order valence-electron chi connectivity index (χ0n) is 11.6. The first kappa shape index (κ1) is 15.6. The lowest BCUT2D eigenvalue weighted by atomic mass is 10.1. The van der Waals surface area contributed by atoms with Crippen molar-refractivity contribution in [3.8, 4) is 5.75 Å². The van der Waals surface area contributed by atoms with Gasteiger partial charge >= 0.3 is 6.61 Å². The minimum Gasteiger partial charge on any atom is -0.434 e. The summed E-state index contributed by atoms with van der Waals surface area (Å²) in [4.78, 5) is 0. The van der Waals surface area contributed by atoms with Gasteiger partial charge in [-0.15, -0.1) is 0 Å². The number of hydrogen-bond acceptors (Lipinski definition) is 2. The van der Waals surface area contributed by atoms with Gasteiger partial charge in [0.1, 0.15) is 5.75 Å². The number of hydrogen-bond donors (Lipinski definition) is 1. The van der Waals surface area contributed by atoms with Crippen molar-refractivity contribution in [2.24, 2.45) is 0 Å². The third kappa shape index (κ3) is 5.83. The molecule has 1 N–H and O–H groups in total. The SMILES string of the molecule is CCC(=Cc1ccccc1OC(F)F)CNC(C)C. The monoisotopic (exact) mass is 269 g/mol. The fourth-order valence-electron chi connectivity index (χ4n) is 1.64. The Labute approximate surface area is 113 Å². The van der Waals surface area contributed by atoms with E-state index in [0.29, 0.717) is 11.6 Å². The van der Waals surface area contributed by atoms with Crippen LogP contribution in [0.5, 0.6) is 5.75 Å². The third-order valence-corrected chi connectivity index (χ3v) is 2.69. The van der Waals surface area contributed by atoms with Crippen LogP contribution in [-0.2, 0) is 0 Å². The lowest BCUT2D eigenvalue weighted by molar-refractivity contribution is -0.0499. The van der Waals surface area contributed by atoms with Crippen molar-refractivity contribution in [1.82, 2.24) is 5.32 Å². The van der Waals surface area contributed by atoms with E-state index < -0.39 is 6.61 Å². The fraction of sp³-hybridized carbons (Fsp3) is 0.467. The summed E-state index contributed by atoms with van der Waals surface area (Å²) in [6.07, 6.45) is 2.77. The van der Waals surface area contributed by atoms with Crippen LogP contribution in [-0.4, -0.2) is 19.2 Å². The van der Waals surface area contributed by atoms with E-state index in [-0.39, 0.29) is 5.75 Å². The Morgan fingerprint density at radius 1 is 1.32 bits per heavy atom. The third-order valence-electron chi connectivity index (χ3n) is 2.69. The van der Waals surface area contributed by atoms with Gasteiger partial charge in [-0.3, -0.25) is 0 Å². The minimum atomic E-state index is -2.80. The number of ether oxygens (including phenoxy) is 1. The van der Waals surface area contributed by atoms with Crippen molar-refractivity contribution < 1.29 is 13.5 Å². The number of rotatable bonds is 7. The maximum absolute atomic E-state index is 12.3. The van der Waals surface area contributed by atoms with Crippen LogP contribution >= 0.6 is 0 Å². The second-order valence-corrected chi connectivity index (χ2v) is 4.61. The molecule has 0 spiro atoms. The van der Waals surface area contributed by atoms with Gasteiger partial charge in [0, 0.05) is 18.2 Å². The zero-order valence-corrected chi connectivity index (χ0v) is 11.6. The molecule has 19 heavy (non-hydrogen) atoms. The summed E-state index contributed by atoms with van der Waals surface area (Å²) in [7, 11) is 0. The Balaban J connectivity index is 2.87. The maximum atomic E-state index is 12.3. The summed E-state index contributed by atoms with van der Waals surface area (Å²) in [6.45, 7) is 4.14. The number of para-hydroxylation sites is 1. The van der Waals surface area contributed by atoms with Crippen LogP contribution in [0.2, 0.25) is 0 Å². The Hall–Kier alpha value is -1.42. The van der Waals surface area contributed by atoms with Gasteiger partial charge in [0.15, 0.2) is 0 Å². The summed E-state index contributed by atoms with van der Waals surface area (Å²) in [5, 5.41) is 3.32. The number of nitrogens with one attached hydrogen (secondary N) is 1. The van der Waals surface area contributed by atoms with E-state index in [4.69, 9.17) is 0 Å². The first-order valence-electron chi connectivity index (χ1n) is 6.49. The zero-order chi connectivity index (χ0) is 14.3. The summed E-state index contributed by atoms with van der Waals surface area (Å²) in [6, 6.07) is 7.23. The molecule has 0 fully saturated rings. The Morgan fingerprint density at radius 2 is 2.00 bits per heavy atom. The summed E-state index contributed by atoms with van der Waals surface area (Å²) in [5.41, 5.74) is 1.84. The normalized spacial score (nSPS) is 12.3. The van der Waals surface area contributed by atoms with Crippen molar-refractivity contribution in [3.63, 3.8) is 0 Å². The van der Waals surface area contributed by atoms with Crippen molar-refractivity contribution in [1.29, 1.82) is 0 Å². The molecule has 0 heterocycles. The molecule has 0 radical (unpaired) electrons. The summed E-state index contributed by atoms with van der Waals surface area (Å²) >= 11 is 0. The van der Waals surface area contributed by atoms with Crippen molar-refractivity contribution >= 4 is 6.08 Å². The molecule has 0 unspecified atom stereocenters. The van der Waals surface area contributed by atoms with Gasteiger partial charge in [0.05, 0.1) is 0 Å². The maximum Gasteiger partial charge on any atom is 0.387 e. The molecule has 1 rings (SSSR count). The molecule has 0 atom stereocenters. The molecule has 0 aliphatic carbocycles. The molecule has 0 saturated carbocycles. The average molecular weight is 269 g/mol. The second-order valence-electron chi connectivity index (χ2n) is 4.61. The second kappa shape index (κ2) is 7.89.